The maximum absolute atomic E-state index is 13.1. The average molecular weight is 463 g/mol. The number of halogens is 1. The maximum atomic E-state index is 13.1. The van der Waals surface area contributed by atoms with Gasteiger partial charge in [-0.1, -0.05) is 43.3 Å². The first kappa shape index (κ1) is 23.8. The molecular formula is C28H31FN2O3. The summed E-state index contributed by atoms with van der Waals surface area (Å²) in [6.45, 7) is 7.13. The number of hydrogen-bond donors (Lipinski definition) is 1. The molecule has 34 heavy (non-hydrogen) atoms. The normalized spacial score (nSPS) is 15.2. The Morgan fingerprint density at radius 3 is 2.15 bits per heavy atom. The smallest absolute Gasteiger partial charge is 0.303 e. The molecule has 1 unspecified atom stereocenters. The first-order valence-corrected chi connectivity index (χ1v) is 11.7. The molecule has 0 spiro atoms. The van der Waals surface area contributed by atoms with E-state index in [0.717, 1.165) is 55.3 Å². The minimum absolute atomic E-state index is 0.0232. The van der Waals surface area contributed by atoms with Crippen LogP contribution in [0.4, 0.5) is 10.1 Å². The monoisotopic (exact) mass is 462 g/mol. The van der Waals surface area contributed by atoms with Crippen molar-refractivity contribution in [1.29, 1.82) is 0 Å². The van der Waals surface area contributed by atoms with Gasteiger partial charge in [0.15, 0.2) is 0 Å². The molecule has 1 aliphatic heterocycles. The number of aliphatic carboxylic acids is 1. The molecule has 0 aromatic heterocycles. The third kappa shape index (κ3) is 6.58. The first-order chi connectivity index (χ1) is 16.5. The van der Waals surface area contributed by atoms with Crippen molar-refractivity contribution in [3.63, 3.8) is 0 Å². The molecular weight excluding hydrogens is 431 g/mol. The molecule has 0 amide bonds. The van der Waals surface area contributed by atoms with Crippen LogP contribution in [0, 0.1) is 5.82 Å². The highest BCUT2D eigenvalue weighted by Crippen LogP contribution is 2.23. The standard InChI is InChI=1S/C28H31FN2O3/c1-21(18-28(32)33)24-6-12-27(13-7-24)34-20-23-4-2-22(3-5-23)19-30-14-16-31(17-15-30)26-10-8-25(29)9-11-26/h2-13,21H,14-20H2,1H3,(H,32,33). The molecule has 0 aliphatic carbocycles. The molecule has 1 saturated heterocycles. The van der Waals surface area contributed by atoms with Gasteiger partial charge in [-0.05, 0) is 59.0 Å². The third-order valence-corrected chi connectivity index (χ3v) is 6.33. The van der Waals surface area contributed by atoms with Crippen LogP contribution in [0.1, 0.15) is 36.0 Å². The lowest BCUT2D eigenvalue weighted by Crippen LogP contribution is -2.45. The fourth-order valence-electron chi connectivity index (χ4n) is 4.25. The minimum Gasteiger partial charge on any atom is -0.489 e. The van der Waals surface area contributed by atoms with E-state index in [2.05, 4.69) is 34.1 Å². The van der Waals surface area contributed by atoms with Gasteiger partial charge in [0.25, 0.3) is 0 Å². The molecule has 1 atom stereocenters. The predicted molar refractivity (Wildman–Crippen MR) is 132 cm³/mol. The zero-order valence-electron chi connectivity index (χ0n) is 19.5. The SMILES string of the molecule is CC(CC(=O)O)c1ccc(OCc2ccc(CN3CCN(c4ccc(F)cc4)CC3)cc2)cc1. The van der Waals surface area contributed by atoms with Crippen LogP contribution in [-0.4, -0.2) is 42.2 Å². The Bertz CT molecular complexity index is 1060. The van der Waals surface area contributed by atoms with Crippen molar-refractivity contribution in [1.82, 2.24) is 4.90 Å². The number of ether oxygens (including phenoxy) is 1. The van der Waals surface area contributed by atoms with Crippen LogP contribution >= 0.6 is 0 Å². The van der Waals surface area contributed by atoms with Crippen molar-refractivity contribution in [2.24, 2.45) is 0 Å². The van der Waals surface area contributed by atoms with E-state index in [0.29, 0.717) is 6.61 Å². The van der Waals surface area contributed by atoms with Gasteiger partial charge in [0.2, 0.25) is 0 Å². The summed E-state index contributed by atoms with van der Waals surface area (Å²) in [7, 11) is 0. The van der Waals surface area contributed by atoms with Crippen LogP contribution in [0.5, 0.6) is 5.75 Å². The fourth-order valence-corrected chi connectivity index (χ4v) is 4.25. The molecule has 0 radical (unpaired) electrons. The summed E-state index contributed by atoms with van der Waals surface area (Å²) in [6.07, 6.45) is 0.122. The molecule has 0 bridgehead atoms. The Labute approximate surface area is 200 Å². The van der Waals surface area contributed by atoms with Crippen molar-refractivity contribution in [3.8, 4) is 5.75 Å². The lowest BCUT2D eigenvalue weighted by atomic mass is 9.98. The lowest BCUT2D eigenvalue weighted by Gasteiger charge is -2.36. The van der Waals surface area contributed by atoms with E-state index in [4.69, 9.17) is 9.84 Å². The van der Waals surface area contributed by atoms with Gasteiger partial charge in [-0.2, -0.15) is 0 Å². The van der Waals surface area contributed by atoms with Crippen molar-refractivity contribution < 1.29 is 19.0 Å². The van der Waals surface area contributed by atoms with E-state index in [9.17, 15) is 9.18 Å². The first-order valence-electron chi connectivity index (χ1n) is 11.7. The van der Waals surface area contributed by atoms with Crippen LogP contribution in [-0.2, 0) is 17.9 Å². The van der Waals surface area contributed by atoms with Crippen LogP contribution in [0.15, 0.2) is 72.8 Å². The quantitative estimate of drug-likeness (QED) is 0.467. The highest BCUT2D eigenvalue weighted by atomic mass is 19.1. The highest BCUT2D eigenvalue weighted by molar-refractivity contribution is 5.68. The van der Waals surface area contributed by atoms with E-state index in [1.165, 1.54) is 17.7 Å². The Kier molecular flexibility index (Phi) is 7.80. The number of carboxylic acids is 1. The summed E-state index contributed by atoms with van der Waals surface area (Å²) >= 11 is 0. The number of nitrogens with zero attached hydrogens (tertiary/aromatic N) is 2. The van der Waals surface area contributed by atoms with Gasteiger partial charge < -0.3 is 14.7 Å². The highest BCUT2D eigenvalue weighted by Gasteiger charge is 2.17. The molecule has 5 nitrogen and oxygen atoms in total. The Balaban J connectivity index is 1.22. The zero-order chi connectivity index (χ0) is 23.9. The second kappa shape index (κ2) is 11.2. The second-order valence-electron chi connectivity index (χ2n) is 8.91. The lowest BCUT2D eigenvalue weighted by molar-refractivity contribution is -0.137. The molecule has 6 heteroatoms. The van der Waals surface area contributed by atoms with Gasteiger partial charge in [0.05, 0.1) is 6.42 Å². The number of benzene rings is 3. The number of rotatable bonds is 9. The fraction of sp³-hybridized carbons (Fsp3) is 0.321. The largest absolute Gasteiger partial charge is 0.489 e. The van der Waals surface area contributed by atoms with Crippen molar-refractivity contribution in [2.75, 3.05) is 31.1 Å². The average Bonchev–Trinajstić information content (AvgIpc) is 2.84. The molecule has 1 aliphatic rings. The molecule has 1 fully saturated rings. The summed E-state index contributed by atoms with van der Waals surface area (Å²) < 4.78 is 19.0. The van der Waals surface area contributed by atoms with Gasteiger partial charge in [0, 0.05) is 38.4 Å². The summed E-state index contributed by atoms with van der Waals surface area (Å²) in [5.74, 6) is -0.236. The van der Waals surface area contributed by atoms with Gasteiger partial charge in [0.1, 0.15) is 18.2 Å². The maximum Gasteiger partial charge on any atom is 0.303 e. The molecule has 0 saturated carbocycles. The van der Waals surface area contributed by atoms with E-state index >= 15 is 0 Å². The van der Waals surface area contributed by atoms with E-state index in [1.807, 2.05) is 43.3 Å². The number of carboxylic acid groups (broad SMARTS) is 1. The zero-order valence-corrected chi connectivity index (χ0v) is 19.5. The van der Waals surface area contributed by atoms with Crippen LogP contribution < -0.4 is 9.64 Å². The number of hydrogen-bond acceptors (Lipinski definition) is 4. The molecule has 178 valence electrons. The molecule has 3 aromatic carbocycles. The topological polar surface area (TPSA) is 53.0 Å². The van der Waals surface area contributed by atoms with Crippen molar-refractivity contribution in [3.05, 3.63) is 95.3 Å². The van der Waals surface area contributed by atoms with E-state index < -0.39 is 5.97 Å². The molecule has 1 heterocycles. The predicted octanol–water partition coefficient (Wildman–Crippen LogP) is 5.31. The van der Waals surface area contributed by atoms with Gasteiger partial charge in [-0.15, -0.1) is 0 Å². The molecule has 4 rings (SSSR count). The number of anilines is 1. The Morgan fingerprint density at radius 1 is 0.912 bits per heavy atom. The minimum atomic E-state index is -0.788. The van der Waals surface area contributed by atoms with Gasteiger partial charge in [-0.3, -0.25) is 9.69 Å². The van der Waals surface area contributed by atoms with E-state index in [-0.39, 0.29) is 18.2 Å². The van der Waals surface area contributed by atoms with Crippen LogP contribution in [0.25, 0.3) is 0 Å². The molecule has 1 N–H and O–H groups in total. The summed E-state index contributed by atoms with van der Waals surface area (Å²) in [5, 5.41) is 8.94. The summed E-state index contributed by atoms with van der Waals surface area (Å²) in [5.41, 5.74) is 4.45. The van der Waals surface area contributed by atoms with Crippen molar-refractivity contribution in [2.45, 2.75) is 32.4 Å². The van der Waals surface area contributed by atoms with Gasteiger partial charge in [-0.25, -0.2) is 4.39 Å². The van der Waals surface area contributed by atoms with Crippen LogP contribution in [0.2, 0.25) is 0 Å². The number of piperazine rings is 1. The number of carbonyl (C=O) groups is 1. The second-order valence-corrected chi connectivity index (χ2v) is 8.91. The molecule has 3 aromatic rings. The summed E-state index contributed by atoms with van der Waals surface area (Å²) in [4.78, 5) is 15.6. The van der Waals surface area contributed by atoms with Crippen molar-refractivity contribution >= 4 is 11.7 Å². The van der Waals surface area contributed by atoms with E-state index in [1.54, 1.807) is 0 Å². The Morgan fingerprint density at radius 2 is 1.53 bits per heavy atom. The Hall–Kier alpha value is -3.38. The summed E-state index contributed by atoms with van der Waals surface area (Å²) in [6, 6.07) is 22.9. The third-order valence-electron chi connectivity index (χ3n) is 6.33. The van der Waals surface area contributed by atoms with Crippen LogP contribution in [0.3, 0.4) is 0 Å². The van der Waals surface area contributed by atoms with Gasteiger partial charge >= 0.3 is 5.97 Å².